The van der Waals surface area contributed by atoms with Gasteiger partial charge in [0.05, 0.1) is 52.0 Å². The van der Waals surface area contributed by atoms with E-state index >= 15 is 0 Å². The van der Waals surface area contributed by atoms with Crippen LogP contribution in [-0.4, -0.2) is 66.6 Å². The molecule has 3 aromatic heterocycles. The third-order valence-electron chi connectivity index (χ3n) is 7.64. The fourth-order valence-corrected chi connectivity index (χ4v) is 7.71. The zero-order valence-corrected chi connectivity index (χ0v) is 26.8. The third kappa shape index (κ3) is 5.76. The van der Waals surface area contributed by atoms with Gasteiger partial charge in [-0.3, -0.25) is 9.48 Å². The summed E-state index contributed by atoms with van der Waals surface area (Å²) in [5.41, 5.74) is 2.37. The molecule has 0 radical (unpaired) electrons. The molecule has 0 spiro atoms. The lowest BCUT2D eigenvalue weighted by Crippen LogP contribution is -2.36. The quantitative estimate of drug-likeness (QED) is 0.211. The molecular formula is C29H28BrFN6O4S2. The number of fused-ring (bicyclic) bond motifs is 3. The molecule has 14 heteroatoms. The van der Waals surface area contributed by atoms with Crippen LogP contribution in [0.15, 0.2) is 58.3 Å². The van der Waals surface area contributed by atoms with Gasteiger partial charge in [0.25, 0.3) is 5.91 Å². The maximum absolute atomic E-state index is 14.3. The van der Waals surface area contributed by atoms with Gasteiger partial charge in [0.1, 0.15) is 15.3 Å². The Kier molecular flexibility index (Phi) is 7.96. The van der Waals surface area contributed by atoms with Crippen molar-refractivity contribution in [3.8, 4) is 0 Å². The highest BCUT2D eigenvalue weighted by atomic mass is 79.9. The van der Waals surface area contributed by atoms with E-state index in [-0.39, 0.29) is 23.2 Å². The topological polar surface area (TPSA) is 111 Å². The summed E-state index contributed by atoms with van der Waals surface area (Å²) >= 11 is 4.78. The highest BCUT2D eigenvalue weighted by Crippen LogP contribution is 2.34. The number of ether oxygens (including phenoxy) is 1. The number of benzene rings is 2. The van der Waals surface area contributed by atoms with Gasteiger partial charge in [-0.1, -0.05) is 23.5 Å². The third-order valence-corrected chi connectivity index (χ3v) is 10.4. The second kappa shape index (κ2) is 11.6. The van der Waals surface area contributed by atoms with Gasteiger partial charge in [0.15, 0.2) is 15.0 Å². The number of methoxy groups -OCH3 is 1. The molecule has 1 amide bonds. The van der Waals surface area contributed by atoms with Crippen molar-refractivity contribution in [2.45, 2.75) is 30.4 Å². The molecule has 43 heavy (non-hydrogen) atoms. The summed E-state index contributed by atoms with van der Waals surface area (Å²) in [7, 11) is -0.325. The number of aryl methyl sites for hydroxylation is 1. The Morgan fingerprint density at radius 3 is 2.65 bits per heavy atom. The van der Waals surface area contributed by atoms with E-state index in [9.17, 15) is 17.6 Å². The van der Waals surface area contributed by atoms with Crippen LogP contribution in [-0.2, 0) is 28.2 Å². The molecule has 0 bridgehead atoms. The summed E-state index contributed by atoms with van der Waals surface area (Å²) in [6, 6.07) is 9.06. The molecule has 0 atom stereocenters. The summed E-state index contributed by atoms with van der Waals surface area (Å²) in [5.74, 6) is -1.15. The molecule has 1 saturated heterocycles. The van der Waals surface area contributed by atoms with Crippen molar-refractivity contribution in [3.05, 3.63) is 69.7 Å². The first kappa shape index (κ1) is 29.6. The van der Waals surface area contributed by atoms with Crippen LogP contribution in [0.4, 0.5) is 15.2 Å². The molecule has 0 saturated carbocycles. The number of anilines is 2. The molecule has 0 aliphatic carbocycles. The molecule has 1 aliphatic heterocycles. The normalized spacial score (nSPS) is 14.6. The van der Waals surface area contributed by atoms with E-state index in [1.165, 1.54) is 28.5 Å². The average molecular weight is 688 g/mol. The first-order valence-corrected chi connectivity index (χ1v) is 17.0. The number of carbonyl (C=O) groups is 1. The summed E-state index contributed by atoms with van der Waals surface area (Å²) in [4.78, 5) is 26.9. The van der Waals surface area contributed by atoms with Crippen molar-refractivity contribution in [2.75, 3.05) is 36.3 Å². The lowest BCUT2D eigenvalue weighted by Gasteiger charge is -2.30. The summed E-state index contributed by atoms with van der Waals surface area (Å²) in [6.45, 7) is 1.52. The van der Waals surface area contributed by atoms with Gasteiger partial charge >= 0.3 is 0 Å². The van der Waals surface area contributed by atoms with Crippen molar-refractivity contribution in [2.24, 2.45) is 7.05 Å². The van der Waals surface area contributed by atoms with E-state index in [0.717, 1.165) is 60.6 Å². The van der Waals surface area contributed by atoms with Crippen LogP contribution in [0.2, 0.25) is 0 Å². The number of nitrogens with zero attached hydrogens (tertiary/aromatic N) is 6. The van der Waals surface area contributed by atoms with Crippen molar-refractivity contribution < 1.29 is 22.3 Å². The standard InChI is InChI=1S/C29H28BrFN6O4S2/c1-35-26-20-6-4-17(12-22(20)34-27(30)21(26)14-33-35)16-37(23-7-5-18(31)13-25(23)43(3,39)40)28(38)24-15-32-29(42-24)36-10-8-19(41-2)9-11-36/h4-7,12-15,19H,8-11,16H2,1-3H3. The minimum Gasteiger partial charge on any atom is -0.381 e. The summed E-state index contributed by atoms with van der Waals surface area (Å²) < 4.78 is 47.7. The molecule has 1 fully saturated rings. The van der Waals surface area contributed by atoms with E-state index in [0.29, 0.717) is 25.7 Å². The van der Waals surface area contributed by atoms with Gasteiger partial charge in [-0.25, -0.2) is 22.8 Å². The van der Waals surface area contributed by atoms with Crippen LogP contribution in [0.5, 0.6) is 0 Å². The highest BCUT2D eigenvalue weighted by Gasteiger charge is 2.28. The van der Waals surface area contributed by atoms with E-state index in [4.69, 9.17) is 4.74 Å². The van der Waals surface area contributed by atoms with Gasteiger partial charge in [-0.05, 0) is 58.6 Å². The number of pyridine rings is 1. The maximum Gasteiger partial charge on any atom is 0.270 e. The Morgan fingerprint density at radius 2 is 1.93 bits per heavy atom. The van der Waals surface area contributed by atoms with E-state index in [2.05, 4.69) is 35.9 Å². The van der Waals surface area contributed by atoms with Gasteiger partial charge in [-0.2, -0.15) is 5.10 Å². The smallest absolute Gasteiger partial charge is 0.270 e. The number of rotatable bonds is 7. The number of aromatic nitrogens is 4. The molecule has 0 N–H and O–H groups in total. The largest absolute Gasteiger partial charge is 0.381 e. The first-order valence-electron chi connectivity index (χ1n) is 13.5. The minimum atomic E-state index is -3.89. The Hall–Kier alpha value is -3.46. The zero-order valence-electron chi connectivity index (χ0n) is 23.6. The number of hydrogen-bond acceptors (Lipinski definition) is 9. The SMILES string of the molecule is COC1CCN(c2ncc(C(=O)N(Cc3ccc4c(c3)nc(Br)c3cnn(C)c34)c3ccc(F)cc3S(C)(=O)=O)s2)CC1. The van der Waals surface area contributed by atoms with Crippen molar-refractivity contribution >= 4 is 75.6 Å². The molecule has 4 heterocycles. The van der Waals surface area contributed by atoms with Gasteiger partial charge < -0.3 is 14.5 Å². The number of sulfone groups is 1. The highest BCUT2D eigenvalue weighted by molar-refractivity contribution is 9.10. The predicted octanol–water partition coefficient (Wildman–Crippen LogP) is 5.35. The number of carbonyl (C=O) groups excluding carboxylic acids is 1. The fourth-order valence-electron chi connectivity index (χ4n) is 5.42. The van der Waals surface area contributed by atoms with Crippen LogP contribution < -0.4 is 9.80 Å². The Balaban J connectivity index is 1.40. The van der Waals surface area contributed by atoms with Crippen LogP contribution in [0, 0.1) is 5.82 Å². The lowest BCUT2D eigenvalue weighted by molar-refractivity contribution is 0.0819. The van der Waals surface area contributed by atoms with E-state index in [1.54, 1.807) is 18.0 Å². The van der Waals surface area contributed by atoms with E-state index in [1.807, 2.05) is 25.2 Å². The van der Waals surface area contributed by atoms with Crippen LogP contribution >= 0.6 is 27.3 Å². The van der Waals surface area contributed by atoms with Gasteiger partial charge in [0.2, 0.25) is 0 Å². The summed E-state index contributed by atoms with van der Waals surface area (Å²) in [6.07, 6.45) is 6.17. The number of hydrogen-bond donors (Lipinski definition) is 0. The molecule has 5 aromatic rings. The van der Waals surface area contributed by atoms with Crippen molar-refractivity contribution in [1.29, 1.82) is 0 Å². The van der Waals surface area contributed by atoms with Crippen LogP contribution in [0.3, 0.4) is 0 Å². The second-order valence-corrected chi connectivity index (χ2v) is 14.2. The minimum absolute atomic E-state index is 0.0120. The number of amides is 1. The molecule has 2 aromatic carbocycles. The Labute approximate surface area is 260 Å². The number of piperidine rings is 1. The monoisotopic (exact) mass is 686 g/mol. The average Bonchev–Trinajstić information content (AvgIpc) is 3.63. The Morgan fingerprint density at radius 1 is 1.16 bits per heavy atom. The predicted molar refractivity (Wildman–Crippen MR) is 168 cm³/mol. The molecular weight excluding hydrogens is 659 g/mol. The van der Waals surface area contributed by atoms with E-state index < -0.39 is 21.6 Å². The number of halogens is 2. The number of thiazole rings is 1. The first-order chi connectivity index (χ1) is 20.5. The molecule has 10 nitrogen and oxygen atoms in total. The van der Waals surface area contributed by atoms with Crippen LogP contribution in [0.25, 0.3) is 21.8 Å². The summed E-state index contributed by atoms with van der Waals surface area (Å²) in [5, 5.41) is 6.81. The second-order valence-electron chi connectivity index (χ2n) is 10.5. The van der Waals surface area contributed by atoms with Gasteiger partial charge in [0, 0.05) is 38.9 Å². The fraction of sp³-hybridized carbons (Fsp3) is 0.310. The van der Waals surface area contributed by atoms with Crippen molar-refractivity contribution in [3.63, 3.8) is 0 Å². The maximum atomic E-state index is 14.3. The molecule has 224 valence electrons. The Bertz CT molecular complexity index is 1970. The molecule has 6 rings (SSSR count). The van der Waals surface area contributed by atoms with Crippen molar-refractivity contribution in [1.82, 2.24) is 19.7 Å². The van der Waals surface area contributed by atoms with Crippen LogP contribution in [0.1, 0.15) is 28.1 Å². The van der Waals surface area contributed by atoms with Gasteiger partial charge in [-0.15, -0.1) is 0 Å². The zero-order chi connectivity index (χ0) is 30.5. The molecule has 0 unspecified atom stereocenters. The lowest BCUT2D eigenvalue weighted by atomic mass is 10.1. The molecule has 1 aliphatic rings.